The van der Waals surface area contributed by atoms with E-state index in [1.807, 2.05) is 33.8 Å². The fraction of sp³-hybridized carbons (Fsp3) is 0.391. The van der Waals surface area contributed by atoms with Crippen LogP contribution >= 0.6 is 11.3 Å². The molecule has 3 aromatic rings. The number of rotatable bonds is 7. The van der Waals surface area contributed by atoms with Crippen LogP contribution in [0.2, 0.25) is 0 Å². The number of hydrogen-bond acceptors (Lipinski definition) is 8. The Labute approximate surface area is 196 Å². The number of ketones is 1. The van der Waals surface area contributed by atoms with E-state index in [9.17, 15) is 13.2 Å². The summed E-state index contributed by atoms with van der Waals surface area (Å²) in [6.07, 6.45) is 0.599. The largest absolute Gasteiger partial charge is 0.492 e. The van der Waals surface area contributed by atoms with Gasteiger partial charge in [0.25, 0.3) is 10.0 Å². The second-order valence-electron chi connectivity index (χ2n) is 8.85. The zero-order valence-electron chi connectivity index (χ0n) is 19.1. The SMILES string of the molecule is Cc1noc(C)c1-c1cc2c(c(S(=O)(=O)Nc3ccsc3C(=O)COC(C)(C)C)c1)OCC2. The number of aromatic nitrogens is 1. The number of carbonyl (C=O) groups is 1. The van der Waals surface area contributed by atoms with Crippen molar-refractivity contribution in [1.29, 1.82) is 0 Å². The van der Waals surface area contributed by atoms with Crippen molar-refractivity contribution in [3.63, 3.8) is 0 Å². The van der Waals surface area contributed by atoms with E-state index < -0.39 is 15.6 Å². The number of thiophene rings is 1. The van der Waals surface area contributed by atoms with E-state index in [0.29, 0.717) is 40.7 Å². The highest BCUT2D eigenvalue weighted by Gasteiger charge is 2.29. The standard InChI is InChI=1S/C23H26N2O6S2/c1-13-20(14(2)31-24-13)16-10-15-6-8-29-21(15)19(11-16)33(27,28)25-17-7-9-32-22(17)18(26)12-30-23(3,4)5/h7,9-11,25H,6,8,12H2,1-5H3. The molecule has 4 rings (SSSR count). The summed E-state index contributed by atoms with van der Waals surface area (Å²) in [5, 5.41) is 5.66. The molecule has 1 N–H and O–H groups in total. The zero-order chi connectivity index (χ0) is 24.0. The lowest BCUT2D eigenvalue weighted by molar-refractivity contribution is 0.00326. The summed E-state index contributed by atoms with van der Waals surface area (Å²) in [5.74, 6) is 0.646. The molecule has 176 valence electrons. The third kappa shape index (κ3) is 4.83. The molecule has 33 heavy (non-hydrogen) atoms. The van der Waals surface area contributed by atoms with E-state index in [0.717, 1.165) is 11.1 Å². The molecule has 0 bridgehead atoms. The highest BCUT2D eigenvalue weighted by Crippen LogP contribution is 2.40. The molecule has 0 atom stereocenters. The van der Waals surface area contributed by atoms with Crippen molar-refractivity contribution in [3.8, 4) is 16.9 Å². The maximum absolute atomic E-state index is 13.5. The van der Waals surface area contributed by atoms with Crippen molar-refractivity contribution in [3.05, 3.63) is 45.5 Å². The van der Waals surface area contributed by atoms with Crippen molar-refractivity contribution in [1.82, 2.24) is 5.16 Å². The molecule has 2 aromatic heterocycles. The van der Waals surface area contributed by atoms with Gasteiger partial charge >= 0.3 is 0 Å². The van der Waals surface area contributed by atoms with Crippen LogP contribution in [0.1, 0.15) is 47.5 Å². The first-order valence-corrected chi connectivity index (χ1v) is 12.8. The van der Waals surface area contributed by atoms with Gasteiger partial charge in [-0.3, -0.25) is 9.52 Å². The molecule has 0 saturated carbocycles. The fourth-order valence-corrected chi connectivity index (χ4v) is 5.79. The predicted molar refractivity (Wildman–Crippen MR) is 126 cm³/mol. The van der Waals surface area contributed by atoms with Gasteiger partial charge in [-0.2, -0.15) is 0 Å². The molecule has 0 fully saturated rings. The molecule has 1 aliphatic heterocycles. The lowest BCUT2D eigenvalue weighted by Gasteiger charge is -2.19. The number of Topliss-reactive ketones (excluding diaryl/α,β-unsaturated/α-hetero) is 1. The average Bonchev–Trinajstić information content (AvgIpc) is 3.45. The first-order chi connectivity index (χ1) is 15.5. The van der Waals surface area contributed by atoms with Crippen LogP contribution in [0.4, 0.5) is 5.69 Å². The Morgan fingerprint density at radius 1 is 1.27 bits per heavy atom. The number of nitrogens with one attached hydrogen (secondary N) is 1. The summed E-state index contributed by atoms with van der Waals surface area (Å²) in [4.78, 5) is 13.0. The second-order valence-corrected chi connectivity index (χ2v) is 11.4. The molecule has 8 nitrogen and oxygen atoms in total. The maximum atomic E-state index is 13.5. The Morgan fingerprint density at radius 3 is 2.70 bits per heavy atom. The van der Waals surface area contributed by atoms with Gasteiger partial charge in [0, 0.05) is 12.0 Å². The summed E-state index contributed by atoms with van der Waals surface area (Å²) in [6.45, 7) is 9.41. The molecule has 0 aliphatic carbocycles. The number of anilines is 1. The van der Waals surface area contributed by atoms with E-state index >= 15 is 0 Å². The van der Waals surface area contributed by atoms with Crippen LogP contribution in [-0.2, 0) is 21.2 Å². The Hall–Kier alpha value is -2.69. The molecule has 0 saturated heterocycles. The Kier molecular flexibility index (Phi) is 6.10. The Bertz CT molecular complexity index is 1300. The maximum Gasteiger partial charge on any atom is 0.265 e. The smallest absolute Gasteiger partial charge is 0.265 e. The molecule has 0 unspecified atom stereocenters. The van der Waals surface area contributed by atoms with E-state index in [1.165, 1.54) is 11.3 Å². The van der Waals surface area contributed by atoms with Gasteiger partial charge in [-0.05, 0) is 69.3 Å². The van der Waals surface area contributed by atoms with Crippen LogP contribution in [0, 0.1) is 13.8 Å². The molecule has 1 aliphatic rings. The van der Waals surface area contributed by atoms with Crippen molar-refractivity contribution in [2.45, 2.75) is 51.5 Å². The molecule has 3 heterocycles. The van der Waals surface area contributed by atoms with Crippen LogP contribution in [0.25, 0.3) is 11.1 Å². The van der Waals surface area contributed by atoms with Crippen molar-refractivity contribution < 1.29 is 27.2 Å². The van der Waals surface area contributed by atoms with Gasteiger partial charge in [0.15, 0.2) is 0 Å². The van der Waals surface area contributed by atoms with E-state index in [4.69, 9.17) is 14.0 Å². The van der Waals surface area contributed by atoms with Crippen LogP contribution < -0.4 is 9.46 Å². The number of nitrogens with zero attached hydrogens (tertiary/aromatic N) is 1. The highest BCUT2D eigenvalue weighted by atomic mass is 32.2. The summed E-state index contributed by atoms with van der Waals surface area (Å²) in [5.41, 5.74) is 2.66. The van der Waals surface area contributed by atoms with E-state index in [-0.39, 0.29) is 23.0 Å². The minimum absolute atomic E-state index is 0.0167. The lowest BCUT2D eigenvalue weighted by atomic mass is 10.0. The predicted octanol–water partition coefficient (Wildman–Crippen LogP) is 4.75. The normalized spacial score (nSPS) is 13.6. The van der Waals surface area contributed by atoms with Crippen LogP contribution in [0.3, 0.4) is 0 Å². The second kappa shape index (κ2) is 8.58. The molecular formula is C23H26N2O6S2. The summed E-state index contributed by atoms with van der Waals surface area (Å²) in [6, 6.07) is 5.05. The van der Waals surface area contributed by atoms with E-state index in [1.54, 1.807) is 24.4 Å². The number of fused-ring (bicyclic) bond motifs is 1. The Balaban J connectivity index is 1.70. The summed E-state index contributed by atoms with van der Waals surface area (Å²) in [7, 11) is -4.06. The third-order valence-electron chi connectivity index (χ3n) is 5.16. The Morgan fingerprint density at radius 2 is 2.03 bits per heavy atom. The fourth-order valence-electron chi connectivity index (χ4n) is 3.66. The van der Waals surface area contributed by atoms with Crippen LogP contribution in [0.15, 0.2) is 33.0 Å². The van der Waals surface area contributed by atoms with Crippen LogP contribution in [-0.4, -0.2) is 38.2 Å². The number of carbonyl (C=O) groups excluding carboxylic acids is 1. The molecule has 10 heteroatoms. The number of hydrogen-bond donors (Lipinski definition) is 1. The molecular weight excluding hydrogens is 464 g/mol. The summed E-state index contributed by atoms with van der Waals surface area (Å²) < 4.78 is 46.1. The van der Waals surface area contributed by atoms with Gasteiger partial charge in [0.05, 0.1) is 28.5 Å². The number of ether oxygens (including phenoxy) is 2. The van der Waals surface area contributed by atoms with Gasteiger partial charge in [-0.15, -0.1) is 11.3 Å². The zero-order valence-corrected chi connectivity index (χ0v) is 20.8. The third-order valence-corrected chi connectivity index (χ3v) is 7.49. The first kappa shape index (κ1) is 23.5. The number of benzene rings is 1. The van der Waals surface area contributed by atoms with Crippen LogP contribution in [0.5, 0.6) is 5.75 Å². The van der Waals surface area contributed by atoms with E-state index in [2.05, 4.69) is 9.88 Å². The van der Waals surface area contributed by atoms with Crippen molar-refractivity contribution in [2.24, 2.45) is 0 Å². The van der Waals surface area contributed by atoms with Gasteiger partial charge in [0.2, 0.25) is 5.78 Å². The van der Waals surface area contributed by atoms with Crippen molar-refractivity contribution >= 4 is 32.8 Å². The summed E-state index contributed by atoms with van der Waals surface area (Å²) >= 11 is 1.17. The average molecular weight is 491 g/mol. The molecule has 1 aromatic carbocycles. The highest BCUT2D eigenvalue weighted by molar-refractivity contribution is 7.92. The molecule has 0 radical (unpaired) electrons. The molecule has 0 amide bonds. The molecule has 0 spiro atoms. The minimum atomic E-state index is -4.06. The van der Waals surface area contributed by atoms with Gasteiger partial charge in [-0.25, -0.2) is 8.42 Å². The minimum Gasteiger partial charge on any atom is -0.492 e. The monoisotopic (exact) mass is 490 g/mol. The van der Waals surface area contributed by atoms with Gasteiger partial charge < -0.3 is 14.0 Å². The topological polar surface area (TPSA) is 108 Å². The quantitative estimate of drug-likeness (QED) is 0.476. The number of aryl methyl sites for hydroxylation is 2. The lowest BCUT2D eigenvalue weighted by Crippen LogP contribution is -2.24. The van der Waals surface area contributed by atoms with Gasteiger partial charge in [0.1, 0.15) is 23.0 Å². The number of sulfonamides is 1. The first-order valence-electron chi connectivity index (χ1n) is 10.5. The van der Waals surface area contributed by atoms with Gasteiger partial charge in [-0.1, -0.05) is 5.16 Å². The van der Waals surface area contributed by atoms with Crippen molar-refractivity contribution in [2.75, 3.05) is 17.9 Å².